The number of carbonyl (C=O) groups is 2. The van der Waals surface area contributed by atoms with Gasteiger partial charge in [-0.3, -0.25) is 9.59 Å². The Morgan fingerprint density at radius 3 is 2.00 bits per heavy atom. The van der Waals surface area contributed by atoms with Crippen molar-refractivity contribution in [2.45, 2.75) is 86.1 Å². The van der Waals surface area contributed by atoms with Crippen LogP contribution in [0.25, 0.3) is 45.2 Å². The molecule has 4 heterocycles. The third-order valence-electron chi connectivity index (χ3n) is 13.5. The third kappa shape index (κ3) is 12.1. The highest BCUT2D eigenvalue weighted by atomic mass is 35.5. The second-order valence-corrected chi connectivity index (χ2v) is 20.1. The summed E-state index contributed by atoms with van der Waals surface area (Å²) in [7, 11) is 0. The third-order valence-corrected chi connectivity index (χ3v) is 15.1. The number of aryl methyl sites for hydroxylation is 3. The van der Waals surface area contributed by atoms with Crippen molar-refractivity contribution >= 4 is 121 Å². The number of furan rings is 1. The van der Waals surface area contributed by atoms with Crippen molar-refractivity contribution in [3.05, 3.63) is 174 Å². The molecule has 5 aromatic carbocycles. The highest BCUT2D eigenvalue weighted by molar-refractivity contribution is 6.43. The Labute approximate surface area is 463 Å². The molecule has 2 N–H and O–H groups in total. The molecule has 0 amide bonds. The molecule has 0 spiro atoms. The lowest BCUT2D eigenvalue weighted by Gasteiger charge is -2.24. The molecule has 0 bridgehead atoms. The number of rotatable bonds is 18. The van der Waals surface area contributed by atoms with Crippen LogP contribution < -0.4 is 19.4 Å². The molecule has 2 aliphatic heterocycles. The van der Waals surface area contributed by atoms with E-state index in [1.54, 1.807) is 0 Å². The average Bonchev–Trinajstić information content (AvgIpc) is 4.09. The molecular formula is C60H59Cl5N4O6. The van der Waals surface area contributed by atoms with Gasteiger partial charge in [0.05, 0.1) is 42.7 Å². The lowest BCUT2D eigenvalue weighted by atomic mass is 10.0. The molecule has 0 fully saturated rings. The molecule has 7 aromatic rings. The summed E-state index contributed by atoms with van der Waals surface area (Å²) in [5.74, 6) is 1.80. The maximum absolute atomic E-state index is 11.2. The lowest BCUT2D eigenvalue weighted by Crippen LogP contribution is -2.29. The summed E-state index contributed by atoms with van der Waals surface area (Å²) in [6, 6.07) is 30.0. The second-order valence-electron chi connectivity index (χ2n) is 18.1. The van der Waals surface area contributed by atoms with Gasteiger partial charge in [-0.25, -0.2) is 0 Å². The van der Waals surface area contributed by atoms with Gasteiger partial charge >= 0.3 is 11.9 Å². The number of allylic oxidation sites excluding steroid dienone is 4. The van der Waals surface area contributed by atoms with Crippen LogP contribution in [0, 0.1) is 0 Å². The zero-order valence-electron chi connectivity index (χ0n) is 42.5. The highest BCUT2D eigenvalue weighted by Gasteiger charge is 2.31. The Balaban J connectivity index is 0.000000202. The first-order chi connectivity index (χ1) is 36.2. The van der Waals surface area contributed by atoms with E-state index < -0.39 is 11.9 Å². The number of halogens is 5. The molecule has 0 unspecified atom stereocenters. The number of benzene rings is 5. The van der Waals surface area contributed by atoms with E-state index in [0.717, 1.165) is 103 Å². The first-order valence-electron chi connectivity index (χ1n) is 25.3. The Hall–Kier alpha value is -6.27. The summed E-state index contributed by atoms with van der Waals surface area (Å²) in [6.45, 7) is 13.2. The number of aliphatic carboxylic acids is 2. The van der Waals surface area contributed by atoms with Crippen LogP contribution in [0.2, 0.25) is 25.1 Å². The molecular weight excluding hydrogens is 1050 g/mol. The first-order valence-corrected chi connectivity index (χ1v) is 27.2. The van der Waals surface area contributed by atoms with Gasteiger partial charge in [0.15, 0.2) is 5.75 Å². The normalized spacial score (nSPS) is 14.4. The van der Waals surface area contributed by atoms with Gasteiger partial charge in [0.1, 0.15) is 17.2 Å². The van der Waals surface area contributed by atoms with Gasteiger partial charge in [-0.05, 0) is 148 Å². The minimum absolute atomic E-state index is 0.0455. The Morgan fingerprint density at radius 2 is 1.33 bits per heavy atom. The summed E-state index contributed by atoms with van der Waals surface area (Å²) in [6.07, 6.45) is 13.6. The predicted molar refractivity (Wildman–Crippen MR) is 311 cm³/mol. The van der Waals surface area contributed by atoms with E-state index in [9.17, 15) is 19.8 Å². The van der Waals surface area contributed by atoms with Crippen molar-refractivity contribution < 1.29 is 29.0 Å². The first kappa shape index (κ1) is 55.0. The number of hydrogen-bond acceptors (Lipinski definition) is 7. The zero-order chi connectivity index (χ0) is 53.5. The maximum Gasteiger partial charge on any atom is 0.303 e. The molecule has 0 saturated carbocycles. The van der Waals surface area contributed by atoms with E-state index in [-0.39, 0.29) is 12.8 Å². The van der Waals surface area contributed by atoms with E-state index in [4.69, 9.17) is 67.2 Å². The lowest BCUT2D eigenvalue weighted by molar-refractivity contribution is -0.138. The van der Waals surface area contributed by atoms with Crippen LogP contribution in [0.4, 0.5) is 17.1 Å². The highest BCUT2D eigenvalue weighted by Crippen LogP contribution is 2.46. The Bertz CT molecular complexity index is 3390. The number of ether oxygens (including phenoxy) is 1. The number of nitrogens with zero attached hydrogens (tertiary/aromatic N) is 4. The van der Waals surface area contributed by atoms with Crippen LogP contribution in [0.5, 0.6) is 5.75 Å². The number of anilines is 3. The molecule has 390 valence electrons. The van der Waals surface area contributed by atoms with E-state index in [1.807, 2.05) is 80.6 Å². The summed E-state index contributed by atoms with van der Waals surface area (Å²) >= 11 is 31.7. The SMILES string of the molecule is CCC(/C=C1\Oc2ccc(-c3ccccc3)cc2N1CC)=C\c1oc2ccc(Cl)cc2c1CC.CCN1/C(=C\C=C\c2c(CCCC(=O)O)c3cc(Cl)c(Cl)cc3n2CC)N(CCCC(=O)O)c2cc(Cl)c(Cl)cc21. The Morgan fingerprint density at radius 1 is 0.653 bits per heavy atom. The van der Waals surface area contributed by atoms with E-state index in [0.29, 0.717) is 59.0 Å². The number of hydrogen-bond donors (Lipinski definition) is 2. The fourth-order valence-electron chi connectivity index (χ4n) is 9.89. The van der Waals surface area contributed by atoms with Crippen LogP contribution in [0.1, 0.15) is 89.3 Å². The van der Waals surface area contributed by atoms with Gasteiger partial charge in [0, 0.05) is 72.1 Å². The summed E-state index contributed by atoms with van der Waals surface area (Å²) in [5.41, 5.74) is 11.3. The van der Waals surface area contributed by atoms with Crippen LogP contribution >= 0.6 is 58.0 Å². The van der Waals surface area contributed by atoms with Crippen LogP contribution in [-0.2, 0) is 29.0 Å². The van der Waals surface area contributed by atoms with Gasteiger partial charge in [0.2, 0.25) is 5.88 Å². The molecule has 0 saturated heterocycles. The van der Waals surface area contributed by atoms with Crippen molar-refractivity contribution in [1.29, 1.82) is 0 Å². The standard InChI is InChI=1S/C30H31Cl4N3O4.C30H28ClNO2/c1-3-35-24(18(8-5-11-29(38)39)19-14-20(31)21(32)15-25(19)35)9-6-10-28-36(4-2)26-16-22(33)23(34)17-27(26)37(28)13-7-12-30(40)41;1-4-20(16-29-24(5-2)25-19-23(31)13-15-27(25)33-29)17-30-32(6-3)26-18-22(12-14-28(26)34-30)21-10-8-7-9-11-21/h6,9-10,14-17H,3-5,7-8,11-13H2,1-2H3,(H,38,39)(H,40,41);7-19H,4-6H2,1-3H3/b9-6+,28-10+;20-16+,30-17-. The van der Waals surface area contributed by atoms with Crippen LogP contribution in [-0.4, -0.2) is 46.4 Å². The molecule has 10 nitrogen and oxygen atoms in total. The van der Waals surface area contributed by atoms with Gasteiger partial charge in [-0.2, -0.15) is 0 Å². The summed E-state index contributed by atoms with van der Waals surface area (Å²) < 4.78 is 14.7. The van der Waals surface area contributed by atoms with Crippen LogP contribution in [0.3, 0.4) is 0 Å². The predicted octanol–water partition coefficient (Wildman–Crippen LogP) is 17.6. The molecule has 0 aliphatic carbocycles. The average molecular weight is 1110 g/mol. The van der Waals surface area contributed by atoms with Crippen molar-refractivity contribution in [3.63, 3.8) is 0 Å². The molecule has 0 radical (unpaired) electrons. The van der Waals surface area contributed by atoms with Crippen molar-refractivity contribution in [2.75, 3.05) is 34.3 Å². The molecule has 15 heteroatoms. The minimum Gasteiger partial charge on any atom is -0.481 e. The quantitative estimate of drug-likeness (QED) is 0.0868. The topological polar surface area (TPSA) is 112 Å². The van der Waals surface area contributed by atoms with Gasteiger partial charge in [-0.1, -0.05) is 114 Å². The van der Waals surface area contributed by atoms with Crippen molar-refractivity contribution in [1.82, 2.24) is 4.57 Å². The number of carboxylic acid groups (broad SMARTS) is 2. The van der Waals surface area contributed by atoms with E-state index in [2.05, 4.69) is 94.7 Å². The van der Waals surface area contributed by atoms with Gasteiger partial charge in [-0.15, -0.1) is 0 Å². The monoisotopic (exact) mass is 1110 g/mol. The van der Waals surface area contributed by atoms with Crippen molar-refractivity contribution in [3.8, 4) is 16.9 Å². The van der Waals surface area contributed by atoms with Crippen LogP contribution in [0.15, 0.2) is 131 Å². The fraction of sp³-hybridized carbons (Fsp3) is 0.267. The zero-order valence-corrected chi connectivity index (χ0v) is 46.3. The van der Waals surface area contributed by atoms with Gasteiger partial charge < -0.3 is 38.6 Å². The largest absolute Gasteiger partial charge is 0.481 e. The fourth-order valence-corrected chi connectivity index (χ4v) is 10.7. The maximum atomic E-state index is 11.2. The summed E-state index contributed by atoms with van der Waals surface area (Å²) in [4.78, 5) is 28.9. The van der Waals surface area contributed by atoms with E-state index >= 15 is 0 Å². The molecule has 2 aromatic heterocycles. The Kier molecular flexibility index (Phi) is 18.0. The molecule has 9 rings (SSSR count). The molecule has 75 heavy (non-hydrogen) atoms. The van der Waals surface area contributed by atoms with E-state index in [1.165, 1.54) is 16.7 Å². The van der Waals surface area contributed by atoms with Gasteiger partial charge in [0.25, 0.3) is 0 Å². The molecule has 2 aliphatic rings. The minimum atomic E-state index is -0.848. The second kappa shape index (κ2) is 24.6. The van der Waals surface area contributed by atoms with Crippen molar-refractivity contribution in [2.24, 2.45) is 0 Å². The summed E-state index contributed by atoms with van der Waals surface area (Å²) in [5, 5.41) is 23.0. The number of fused-ring (bicyclic) bond motifs is 4. The number of carboxylic acids is 2. The molecule has 0 atom stereocenters. The smallest absolute Gasteiger partial charge is 0.303 e. The number of aromatic nitrogens is 1.